The fraction of sp³-hybridized carbons (Fsp3) is 0.429. The molecule has 1 aromatic heterocycles. The van der Waals surface area contributed by atoms with Crippen molar-refractivity contribution in [1.82, 2.24) is 9.88 Å². The smallest absolute Gasteiger partial charge is 0.275 e. The van der Waals surface area contributed by atoms with E-state index in [1.807, 2.05) is 23.6 Å². The zero-order valence-electron chi connectivity index (χ0n) is 20.0. The van der Waals surface area contributed by atoms with E-state index in [2.05, 4.69) is 67.4 Å². The van der Waals surface area contributed by atoms with E-state index in [0.717, 1.165) is 55.2 Å². The van der Waals surface area contributed by atoms with E-state index in [9.17, 15) is 4.79 Å². The maximum atomic E-state index is 12.9. The van der Waals surface area contributed by atoms with Gasteiger partial charge in [-0.25, -0.2) is 4.98 Å². The Kier molecular flexibility index (Phi) is 7.61. The molecule has 1 aliphatic rings. The van der Waals surface area contributed by atoms with Crippen molar-refractivity contribution in [3.05, 3.63) is 81.8 Å². The molecular weight excluding hydrogens is 426 g/mol. The van der Waals surface area contributed by atoms with E-state index in [1.165, 1.54) is 12.0 Å². The van der Waals surface area contributed by atoms with Gasteiger partial charge in [0, 0.05) is 17.0 Å². The molecule has 33 heavy (non-hydrogen) atoms. The minimum Gasteiger partial charge on any atom is -0.320 e. The first-order valence-corrected chi connectivity index (χ1v) is 12.9. The van der Waals surface area contributed by atoms with E-state index < -0.39 is 0 Å². The van der Waals surface area contributed by atoms with Gasteiger partial charge in [0.25, 0.3) is 5.91 Å². The van der Waals surface area contributed by atoms with Crippen molar-refractivity contribution >= 4 is 22.9 Å². The van der Waals surface area contributed by atoms with Crippen molar-refractivity contribution in [2.45, 2.75) is 57.8 Å². The number of likely N-dealkylation sites (tertiary alicyclic amines) is 1. The predicted octanol–water partition coefficient (Wildman–Crippen LogP) is 6.51. The van der Waals surface area contributed by atoms with Crippen LogP contribution in [0.15, 0.2) is 60.0 Å². The number of hydrogen-bond donors (Lipinski definition) is 1. The van der Waals surface area contributed by atoms with Gasteiger partial charge in [0.05, 0.1) is 5.01 Å². The molecule has 4 nitrogen and oxygen atoms in total. The minimum atomic E-state index is -0.118. The topological polar surface area (TPSA) is 45.2 Å². The third kappa shape index (κ3) is 6.30. The van der Waals surface area contributed by atoms with Gasteiger partial charge in [0.15, 0.2) is 0 Å². The second-order valence-corrected chi connectivity index (χ2v) is 10.9. The molecule has 0 spiro atoms. The number of amides is 1. The molecule has 0 atom stereocenters. The quantitative estimate of drug-likeness (QED) is 0.436. The fourth-order valence-corrected chi connectivity index (χ4v) is 5.54. The molecule has 1 fully saturated rings. The van der Waals surface area contributed by atoms with Crippen molar-refractivity contribution in [2.24, 2.45) is 0 Å². The number of nitrogens with zero attached hydrogens (tertiary/aromatic N) is 2. The van der Waals surface area contributed by atoms with Gasteiger partial charge < -0.3 is 10.2 Å². The molecule has 1 amide bonds. The van der Waals surface area contributed by atoms with Crippen molar-refractivity contribution in [2.75, 3.05) is 25.0 Å². The Morgan fingerprint density at radius 3 is 2.48 bits per heavy atom. The van der Waals surface area contributed by atoms with Gasteiger partial charge in [0.2, 0.25) is 0 Å². The number of piperidine rings is 1. The Balaban J connectivity index is 1.28. The number of aryl methyl sites for hydroxylation is 1. The lowest BCUT2D eigenvalue weighted by atomic mass is 9.86. The number of hydrogen-bond acceptors (Lipinski definition) is 4. The van der Waals surface area contributed by atoms with Crippen LogP contribution in [0.5, 0.6) is 0 Å². The van der Waals surface area contributed by atoms with E-state index in [1.54, 1.807) is 11.3 Å². The van der Waals surface area contributed by atoms with Crippen molar-refractivity contribution in [3.8, 4) is 0 Å². The Morgan fingerprint density at radius 2 is 1.76 bits per heavy atom. The molecule has 2 heterocycles. The molecule has 2 aromatic carbocycles. The summed E-state index contributed by atoms with van der Waals surface area (Å²) in [7, 11) is 0. The second-order valence-electron chi connectivity index (χ2n) is 10.0. The van der Waals surface area contributed by atoms with Gasteiger partial charge in [-0.05, 0) is 67.9 Å². The third-order valence-electron chi connectivity index (χ3n) is 6.46. The first-order chi connectivity index (χ1) is 15.9. The normalized spacial score (nSPS) is 15.5. The van der Waals surface area contributed by atoms with Crippen molar-refractivity contribution in [3.63, 3.8) is 0 Å². The highest BCUT2D eigenvalue weighted by Crippen LogP contribution is 2.32. The number of carbonyl (C=O) groups is 1. The predicted molar refractivity (Wildman–Crippen MR) is 138 cm³/mol. The lowest BCUT2D eigenvalue weighted by Crippen LogP contribution is -2.33. The molecule has 0 unspecified atom stereocenters. The zero-order chi connectivity index (χ0) is 23.3. The van der Waals surface area contributed by atoms with Gasteiger partial charge in [0.1, 0.15) is 5.69 Å². The molecule has 0 aliphatic carbocycles. The molecular formula is C28H35N3OS. The summed E-state index contributed by atoms with van der Waals surface area (Å²) in [6.45, 7) is 9.85. The van der Waals surface area contributed by atoms with Gasteiger partial charge in [-0.15, -0.1) is 11.3 Å². The average Bonchev–Trinajstić information content (AvgIpc) is 3.30. The molecule has 0 bridgehead atoms. The lowest BCUT2D eigenvalue weighted by Gasteiger charge is -2.31. The second kappa shape index (κ2) is 10.6. The van der Waals surface area contributed by atoms with E-state index in [-0.39, 0.29) is 11.3 Å². The maximum absolute atomic E-state index is 12.9. The summed E-state index contributed by atoms with van der Waals surface area (Å²) in [6.07, 6.45) is 4.58. The van der Waals surface area contributed by atoms with E-state index in [4.69, 9.17) is 4.98 Å². The van der Waals surface area contributed by atoms with Crippen LogP contribution in [0.4, 0.5) is 5.69 Å². The van der Waals surface area contributed by atoms with Crippen molar-refractivity contribution in [1.29, 1.82) is 0 Å². The number of benzene rings is 2. The van der Waals surface area contributed by atoms with Crippen LogP contribution < -0.4 is 5.32 Å². The number of nitrogens with one attached hydrogen (secondary N) is 1. The van der Waals surface area contributed by atoms with Gasteiger partial charge in [-0.2, -0.15) is 0 Å². The van der Waals surface area contributed by atoms with Crippen molar-refractivity contribution < 1.29 is 4.79 Å². The first kappa shape index (κ1) is 23.7. The lowest BCUT2D eigenvalue weighted by molar-refractivity contribution is 0.102. The minimum absolute atomic E-state index is 0.0355. The molecule has 174 valence electrons. The summed E-state index contributed by atoms with van der Waals surface area (Å²) in [5, 5.41) is 6.11. The molecule has 0 radical (unpaired) electrons. The molecule has 5 heteroatoms. The van der Waals surface area contributed by atoms with Crippen LogP contribution in [0, 0.1) is 0 Å². The molecule has 0 saturated carbocycles. The van der Waals surface area contributed by atoms with Crippen LogP contribution in [-0.4, -0.2) is 35.4 Å². The summed E-state index contributed by atoms with van der Waals surface area (Å²) in [4.78, 5) is 20.2. The highest BCUT2D eigenvalue weighted by molar-refractivity contribution is 7.10. The Labute approximate surface area is 202 Å². The number of para-hydroxylation sites is 1. The average molecular weight is 462 g/mol. The van der Waals surface area contributed by atoms with Gasteiger partial charge in [-0.1, -0.05) is 69.3 Å². The Hall–Kier alpha value is -2.50. The molecule has 1 aliphatic heterocycles. The zero-order valence-corrected chi connectivity index (χ0v) is 20.8. The van der Waals surface area contributed by atoms with Crippen LogP contribution in [-0.2, 0) is 11.8 Å². The number of aromatic nitrogens is 1. The van der Waals surface area contributed by atoms with Crippen LogP contribution in [0.1, 0.15) is 72.6 Å². The summed E-state index contributed by atoms with van der Waals surface area (Å²) in [5.74, 6) is 0.344. The van der Waals surface area contributed by atoms with Crippen LogP contribution in [0.3, 0.4) is 0 Å². The Bertz CT molecular complexity index is 1050. The number of anilines is 1. The summed E-state index contributed by atoms with van der Waals surface area (Å²) >= 11 is 1.63. The molecule has 3 aromatic rings. The highest BCUT2D eigenvalue weighted by atomic mass is 32.1. The first-order valence-electron chi connectivity index (χ1n) is 12.0. The summed E-state index contributed by atoms with van der Waals surface area (Å²) < 4.78 is 0. The molecule has 1 saturated heterocycles. The number of rotatable bonds is 7. The number of carbonyl (C=O) groups excluding carboxylic acids is 1. The molecule has 4 rings (SSSR count). The Morgan fingerprint density at radius 1 is 1.06 bits per heavy atom. The van der Waals surface area contributed by atoms with Crippen LogP contribution >= 0.6 is 11.3 Å². The maximum Gasteiger partial charge on any atom is 0.275 e. The standard InChI is InChI=1S/C28H35N3OS/c1-28(2,3)23-13-7-8-14-24(23)29-26(32)25-20-33-27(30-25)22-15-18-31(19-16-22)17-9-12-21-10-5-4-6-11-21/h4-8,10-11,13-14,20,22H,9,12,15-19H2,1-3H3,(H,29,32). The van der Waals surface area contributed by atoms with E-state index >= 15 is 0 Å². The largest absolute Gasteiger partial charge is 0.320 e. The van der Waals surface area contributed by atoms with E-state index in [0.29, 0.717) is 11.6 Å². The third-order valence-corrected chi connectivity index (χ3v) is 7.46. The van der Waals surface area contributed by atoms with Gasteiger partial charge >= 0.3 is 0 Å². The highest BCUT2D eigenvalue weighted by Gasteiger charge is 2.24. The molecule has 1 N–H and O–H groups in total. The SMILES string of the molecule is CC(C)(C)c1ccccc1NC(=O)c1csc(C2CCN(CCCc3ccccc3)CC2)n1. The summed E-state index contributed by atoms with van der Waals surface area (Å²) in [5.41, 5.74) is 3.92. The number of thiazole rings is 1. The summed E-state index contributed by atoms with van der Waals surface area (Å²) in [6, 6.07) is 18.8. The van der Waals surface area contributed by atoms with Gasteiger partial charge in [-0.3, -0.25) is 4.79 Å². The van der Waals surface area contributed by atoms with Crippen LogP contribution in [0.25, 0.3) is 0 Å². The van der Waals surface area contributed by atoms with Crippen LogP contribution in [0.2, 0.25) is 0 Å². The monoisotopic (exact) mass is 461 g/mol. The fourth-order valence-electron chi connectivity index (χ4n) is 4.57.